The van der Waals surface area contributed by atoms with E-state index in [1.54, 1.807) is 18.2 Å². The Morgan fingerprint density at radius 3 is 2.35 bits per heavy atom. The highest BCUT2D eigenvalue weighted by molar-refractivity contribution is 5.93. The maximum absolute atomic E-state index is 10.9. The first-order valence-electron chi connectivity index (χ1n) is 5.31. The van der Waals surface area contributed by atoms with Crippen LogP contribution in [0.3, 0.4) is 0 Å². The third kappa shape index (κ3) is 2.64. The van der Waals surface area contributed by atoms with E-state index in [0.29, 0.717) is 5.69 Å². The number of carboxylic acids is 1. The molecule has 0 atom stereocenters. The highest BCUT2D eigenvalue weighted by atomic mass is 16.4. The number of anilines is 2. The molecular formula is C14H12NO2-. The van der Waals surface area contributed by atoms with Crippen LogP contribution in [0.4, 0.5) is 11.4 Å². The Morgan fingerprint density at radius 1 is 1.06 bits per heavy atom. The van der Waals surface area contributed by atoms with Crippen LogP contribution in [-0.2, 0) is 0 Å². The molecule has 0 aliphatic carbocycles. The topological polar surface area (TPSA) is 52.2 Å². The van der Waals surface area contributed by atoms with E-state index in [1.165, 1.54) is 6.07 Å². The Labute approximate surface area is 99.7 Å². The van der Waals surface area contributed by atoms with Crippen molar-refractivity contribution in [3.63, 3.8) is 0 Å². The van der Waals surface area contributed by atoms with Gasteiger partial charge in [0, 0.05) is 16.9 Å². The van der Waals surface area contributed by atoms with Gasteiger partial charge in [0.05, 0.1) is 5.97 Å². The van der Waals surface area contributed by atoms with Crippen molar-refractivity contribution in [2.45, 2.75) is 6.92 Å². The van der Waals surface area contributed by atoms with Crippen molar-refractivity contribution < 1.29 is 9.90 Å². The van der Waals surface area contributed by atoms with Crippen LogP contribution in [0.25, 0.3) is 0 Å². The van der Waals surface area contributed by atoms with Gasteiger partial charge in [-0.05, 0) is 25.1 Å². The molecule has 0 radical (unpaired) electrons. The molecule has 3 heteroatoms. The van der Waals surface area contributed by atoms with Gasteiger partial charge in [-0.25, -0.2) is 0 Å². The molecule has 0 aromatic heterocycles. The fourth-order valence-corrected chi connectivity index (χ4v) is 1.56. The average Bonchev–Trinajstić information content (AvgIpc) is 2.32. The van der Waals surface area contributed by atoms with Crippen LogP contribution in [-0.4, -0.2) is 5.97 Å². The Morgan fingerprint density at radius 2 is 1.71 bits per heavy atom. The zero-order chi connectivity index (χ0) is 12.3. The lowest BCUT2D eigenvalue weighted by Gasteiger charge is -2.12. The summed E-state index contributed by atoms with van der Waals surface area (Å²) in [6.07, 6.45) is 0. The minimum absolute atomic E-state index is 0.160. The molecule has 0 saturated carbocycles. The number of rotatable bonds is 3. The smallest absolute Gasteiger partial charge is 0.0736 e. The number of aromatic carboxylic acids is 1. The lowest BCUT2D eigenvalue weighted by atomic mass is 10.1. The molecule has 0 aliphatic rings. The number of benzene rings is 2. The average molecular weight is 226 g/mol. The van der Waals surface area contributed by atoms with Crippen LogP contribution >= 0.6 is 0 Å². The van der Waals surface area contributed by atoms with Crippen molar-refractivity contribution in [1.82, 2.24) is 0 Å². The quantitative estimate of drug-likeness (QED) is 0.872. The first kappa shape index (κ1) is 11.2. The zero-order valence-corrected chi connectivity index (χ0v) is 9.44. The Balaban J connectivity index is 2.30. The summed E-state index contributed by atoms with van der Waals surface area (Å²) in [5.74, 6) is -1.18. The maximum atomic E-state index is 10.9. The van der Waals surface area contributed by atoms with Crippen LogP contribution in [0.5, 0.6) is 0 Å². The van der Waals surface area contributed by atoms with Gasteiger partial charge in [0.15, 0.2) is 0 Å². The van der Waals surface area contributed by atoms with E-state index in [0.717, 1.165) is 11.3 Å². The summed E-state index contributed by atoms with van der Waals surface area (Å²) in [6.45, 7) is 2.00. The lowest BCUT2D eigenvalue weighted by Crippen LogP contribution is -2.23. The Hall–Kier alpha value is -2.29. The fourth-order valence-electron chi connectivity index (χ4n) is 1.56. The SMILES string of the molecule is Cc1ccc(Nc2ccccc2C(=O)[O-])cc1. The lowest BCUT2D eigenvalue weighted by molar-refractivity contribution is -0.254. The molecule has 0 bridgehead atoms. The second-order valence-corrected chi connectivity index (χ2v) is 3.82. The van der Waals surface area contributed by atoms with E-state index >= 15 is 0 Å². The molecule has 0 amide bonds. The number of hydrogen-bond acceptors (Lipinski definition) is 3. The summed E-state index contributed by atoms with van der Waals surface area (Å²) in [7, 11) is 0. The monoisotopic (exact) mass is 226 g/mol. The van der Waals surface area contributed by atoms with E-state index < -0.39 is 5.97 Å². The van der Waals surface area contributed by atoms with E-state index in [9.17, 15) is 9.90 Å². The molecule has 3 nitrogen and oxygen atoms in total. The van der Waals surface area contributed by atoms with Gasteiger partial charge in [0.1, 0.15) is 0 Å². The number of aryl methyl sites for hydroxylation is 1. The number of para-hydroxylation sites is 1. The van der Waals surface area contributed by atoms with Crippen LogP contribution in [0.1, 0.15) is 15.9 Å². The van der Waals surface area contributed by atoms with Crippen molar-refractivity contribution in [2.75, 3.05) is 5.32 Å². The molecule has 86 valence electrons. The van der Waals surface area contributed by atoms with Gasteiger partial charge in [-0.3, -0.25) is 0 Å². The first-order valence-corrected chi connectivity index (χ1v) is 5.31. The van der Waals surface area contributed by atoms with Gasteiger partial charge < -0.3 is 15.2 Å². The summed E-state index contributed by atoms with van der Waals surface area (Å²) < 4.78 is 0. The van der Waals surface area contributed by atoms with Crippen LogP contribution in [0.15, 0.2) is 48.5 Å². The summed E-state index contributed by atoms with van der Waals surface area (Å²) >= 11 is 0. The molecule has 0 fully saturated rings. The summed E-state index contributed by atoms with van der Waals surface area (Å²) in [4.78, 5) is 10.9. The molecule has 17 heavy (non-hydrogen) atoms. The van der Waals surface area contributed by atoms with Gasteiger partial charge in [-0.1, -0.05) is 35.9 Å². The summed E-state index contributed by atoms with van der Waals surface area (Å²) in [5, 5.41) is 14.0. The number of carboxylic acid groups (broad SMARTS) is 1. The van der Waals surface area contributed by atoms with E-state index in [4.69, 9.17) is 0 Å². The van der Waals surface area contributed by atoms with Gasteiger partial charge in [-0.15, -0.1) is 0 Å². The van der Waals surface area contributed by atoms with Crippen LogP contribution in [0, 0.1) is 6.92 Å². The highest BCUT2D eigenvalue weighted by Crippen LogP contribution is 2.20. The summed E-state index contributed by atoms with van der Waals surface area (Å²) in [6, 6.07) is 14.4. The minimum Gasteiger partial charge on any atom is -0.545 e. The molecule has 0 aliphatic heterocycles. The first-order chi connectivity index (χ1) is 8.16. The van der Waals surface area contributed by atoms with Crippen LogP contribution < -0.4 is 10.4 Å². The molecule has 0 spiro atoms. The second kappa shape index (κ2) is 4.70. The number of carbonyl (C=O) groups is 1. The third-order valence-corrected chi connectivity index (χ3v) is 2.48. The van der Waals surface area contributed by atoms with E-state index in [-0.39, 0.29) is 5.56 Å². The van der Waals surface area contributed by atoms with Gasteiger partial charge in [0.2, 0.25) is 0 Å². The van der Waals surface area contributed by atoms with Crippen molar-refractivity contribution in [3.05, 3.63) is 59.7 Å². The minimum atomic E-state index is -1.18. The molecule has 2 rings (SSSR count). The molecule has 0 unspecified atom stereocenters. The Bertz CT molecular complexity index is 532. The van der Waals surface area contributed by atoms with E-state index in [2.05, 4.69) is 5.32 Å². The standard InChI is InChI=1S/C14H13NO2/c1-10-6-8-11(9-7-10)15-13-5-3-2-4-12(13)14(16)17/h2-9,15H,1H3,(H,16,17)/p-1. The van der Waals surface area contributed by atoms with Gasteiger partial charge in [-0.2, -0.15) is 0 Å². The number of hydrogen-bond donors (Lipinski definition) is 1. The molecule has 2 aromatic rings. The molecule has 2 aromatic carbocycles. The number of carbonyl (C=O) groups excluding carboxylic acids is 1. The van der Waals surface area contributed by atoms with Crippen LogP contribution in [0.2, 0.25) is 0 Å². The largest absolute Gasteiger partial charge is 0.545 e. The molecule has 1 N–H and O–H groups in total. The summed E-state index contributed by atoms with van der Waals surface area (Å²) in [5.41, 5.74) is 2.71. The molecule has 0 saturated heterocycles. The third-order valence-electron chi connectivity index (χ3n) is 2.48. The highest BCUT2D eigenvalue weighted by Gasteiger charge is 2.02. The zero-order valence-electron chi connectivity index (χ0n) is 9.44. The van der Waals surface area contributed by atoms with Crippen molar-refractivity contribution in [1.29, 1.82) is 0 Å². The van der Waals surface area contributed by atoms with Crippen molar-refractivity contribution in [3.8, 4) is 0 Å². The number of nitrogens with one attached hydrogen (secondary N) is 1. The van der Waals surface area contributed by atoms with E-state index in [1.807, 2.05) is 31.2 Å². The maximum Gasteiger partial charge on any atom is 0.0736 e. The van der Waals surface area contributed by atoms with Crippen molar-refractivity contribution >= 4 is 17.3 Å². The predicted octanol–water partition coefficient (Wildman–Crippen LogP) is 2.10. The second-order valence-electron chi connectivity index (χ2n) is 3.82. The predicted molar refractivity (Wildman–Crippen MR) is 65.2 cm³/mol. The molecule has 0 heterocycles. The normalized spacial score (nSPS) is 9.94. The van der Waals surface area contributed by atoms with Crippen molar-refractivity contribution in [2.24, 2.45) is 0 Å². The van der Waals surface area contributed by atoms with Gasteiger partial charge in [0.25, 0.3) is 0 Å². The fraction of sp³-hybridized carbons (Fsp3) is 0.0714. The Kier molecular flexibility index (Phi) is 3.10. The molecular weight excluding hydrogens is 214 g/mol. The van der Waals surface area contributed by atoms with Gasteiger partial charge >= 0.3 is 0 Å².